The third kappa shape index (κ3) is 4.88. The highest BCUT2D eigenvalue weighted by atomic mass is 35.5. The standard InChI is InChI=1S/C24H25ClF3N3O3/c25-19-5-3-18(4-6-19)22(32)30-12-20-13-33-10-9-31(20)23(16-30)14-29(15-23)11-17-1-7-21(8-2-17)34-24(26,27)28/h1-8,20H,9-16H2. The second-order valence-corrected chi connectivity index (χ2v) is 9.61. The van der Waals surface area contributed by atoms with Gasteiger partial charge in [-0.2, -0.15) is 0 Å². The Balaban J connectivity index is 1.26. The summed E-state index contributed by atoms with van der Waals surface area (Å²) in [6.45, 7) is 5.49. The normalized spacial score (nSPS) is 22.8. The van der Waals surface area contributed by atoms with Crippen LogP contribution in [0, 0.1) is 0 Å². The molecular formula is C24H25ClF3N3O3. The highest BCUT2D eigenvalue weighted by Gasteiger charge is 2.54. The number of carbonyl (C=O) groups excluding carboxylic acids is 1. The number of amides is 1. The summed E-state index contributed by atoms with van der Waals surface area (Å²) < 4.78 is 46.8. The van der Waals surface area contributed by atoms with Gasteiger partial charge >= 0.3 is 6.36 Å². The Hall–Kier alpha value is -2.33. The number of carbonyl (C=O) groups is 1. The van der Waals surface area contributed by atoms with Gasteiger partial charge in [0, 0.05) is 49.9 Å². The minimum Gasteiger partial charge on any atom is -0.406 e. The molecule has 2 aromatic rings. The average molecular weight is 496 g/mol. The number of nitrogens with zero attached hydrogens (tertiary/aromatic N) is 3. The molecule has 0 bridgehead atoms. The maximum absolute atomic E-state index is 13.2. The first-order valence-corrected chi connectivity index (χ1v) is 11.5. The van der Waals surface area contributed by atoms with Gasteiger partial charge < -0.3 is 14.4 Å². The first-order valence-electron chi connectivity index (χ1n) is 11.2. The van der Waals surface area contributed by atoms with Crippen molar-refractivity contribution in [3.8, 4) is 5.75 Å². The van der Waals surface area contributed by atoms with Crippen molar-refractivity contribution in [3.63, 3.8) is 0 Å². The number of likely N-dealkylation sites (tertiary alicyclic amines) is 1. The molecule has 2 aromatic carbocycles. The molecule has 3 aliphatic rings. The molecule has 6 nitrogen and oxygen atoms in total. The Morgan fingerprint density at radius 3 is 2.47 bits per heavy atom. The van der Waals surface area contributed by atoms with Crippen LogP contribution in [0.2, 0.25) is 5.02 Å². The molecule has 0 N–H and O–H groups in total. The maximum atomic E-state index is 13.2. The quantitative estimate of drug-likeness (QED) is 0.648. The SMILES string of the molecule is O=C(c1ccc(Cl)cc1)N1CC2COCCN2C2(CN(Cc3ccc(OC(F)(F)F)cc3)C2)C1. The van der Waals surface area contributed by atoms with Crippen LogP contribution in [0.25, 0.3) is 0 Å². The molecule has 10 heteroatoms. The monoisotopic (exact) mass is 495 g/mol. The van der Waals surface area contributed by atoms with E-state index in [-0.39, 0.29) is 23.2 Å². The van der Waals surface area contributed by atoms with Crippen LogP contribution in [0.5, 0.6) is 5.75 Å². The molecule has 1 amide bonds. The van der Waals surface area contributed by atoms with Gasteiger partial charge in [-0.05, 0) is 42.0 Å². The van der Waals surface area contributed by atoms with E-state index in [1.807, 2.05) is 4.90 Å². The summed E-state index contributed by atoms with van der Waals surface area (Å²) in [4.78, 5) is 19.9. The molecule has 34 heavy (non-hydrogen) atoms. The van der Waals surface area contributed by atoms with E-state index < -0.39 is 6.36 Å². The first-order chi connectivity index (χ1) is 16.2. The Labute approximate surface area is 200 Å². The van der Waals surface area contributed by atoms with Gasteiger partial charge in [-0.25, -0.2) is 0 Å². The number of hydrogen-bond donors (Lipinski definition) is 0. The molecule has 5 rings (SSSR count). The van der Waals surface area contributed by atoms with E-state index >= 15 is 0 Å². The zero-order valence-corrected chi connectivity index (χ0v) is 19.2. The highest BCUT2D eigenvalue weighted by molar-refractivity contribution is 6.30. The third-order valence-electron chi connectivity index (χ3n) is 6.73. The van der Waals surface area contributed by atoms with Crippen LogP contribution in [-0.2, 0) is 11.3 Å². The van der Waals surface area contributed by atoms with Gasteiger partial charge in [0.05, 0.1) is 24.8 Å². The lowest BCUT2D eigenvalue weighted by molar-refractivity contribution is -0.274. The second kappa shape index (κ2) is 9.03. The molecule has 3 aliphatic heterocycles. The van der Waals surface area contributed by atoms with Crippen LogP contribution in [0.4, 0.5) is 13.2 Å². The van der Waals surface area contributed by atoms with E-state index in [1.54, 1.807) is 36.4 Å². The van der Waals surface area contributed by atoms with Crippen molar-refractivity contribution in [3.05, 3.63) is 64.7 Å². The Kier molecular flexibility index (Phi) is 6.22. The summed E-state index contributed by atoms with van der Waals surface area (Å²) >= 11 is 5.98. The number of morpholine rings is 1. The number of halogens is 4. The Morgan fingerprint density at radius 1 is 1.09 bits per heavy atom. The van der Waals surface area contributed by atoms with Crippen molar-refractivity contribution < 1.29 is 27.4 Å². The number of rotatable bonds is 4. The lowest BCUT2D eigenvalue weighted by Crippen LogP contribution is -2.80. The van der Waals surface area contributed by atoms with Crippen molar-refractivity contribution in [1.29, 1.82) is 0 Å². The molecule has 0 saturated carbocycles. The predicted molar refractivity (Wildman–Crippen MR) is 120 cm³/mol. The number of alkyl halides is 3. The number of fused-ring (bicyclic) bond motifs is 2. The van der Waals surface area contributed by atoms with Crippen LogP contribution >= 0.6 is 11.6 Å². The van der Waals surface area contributed by atoms with E-state index in [0.29, 0.717) is 43.4 Å². The molecule has 3 heterocycles. The Morgan fingerprint density at radius 2 is 1.79 bits per heavy atom. The molecule has 3 fully saturated rings. The molecule has 1 atom stereocenters. The van der Waals surface area contributed by atoms with Gasteiger partial charge in [0.25, 0.3) is 5.91 Å². The number of piperazine rings is 1. The number of benzene rings is 2. The van der Waals surface area contributed by atoms with Gasteiger partial charge in [-0.1, -0.05) is 23.7 Å². The Bertz CT molecular complexity index is 1030. The summed E-state index contributed by atoms with van der Waals surface area (Å²) in [6, 6.07) is 13.1. The lowest BCUT2D eigenvalue weighted by atomic mass is 9.82. The second-order valence-electron chi connectivity index (χ2n) is 9.18. The number of ether oxygens (including phenoxy) is 2. The van der Waals surface area contributed by atoms with Crippen LogP contribution in [0.1, 0.15) is 15.9 Å². The van der Waals surface area contributed by atoms with Gasteiger partial charge in [0.2, 0.25) is 0 Å². The molecular weight excluding hydrogens is 471 g/mol. The largest absolute Gasteiger partial charge is 0.573 e. The van der Waals surface area contributed by atoms with Crippen LogP contribution in [0.3, 0.4) is 0 Å². The molecule has 0 aliphatic carbocycles. The zero-order chi connectivity index (χ0) is 23.9. The summed E-state index contributed by atoms with van der Waals surface area (Å²) in [5.41, 5.74) is 1.36. The van der Waals surface area contributed by atoms with Gasteiger partial charge in [0.1, 0.15) is 5.75 Å². The van der Waals surface area contributed by atoms with E-state index in [9.17, 15) is 18.0 Å². The van der Waals surface area contributed by atoms with Crippen LogP contribution in [0.15, 0.2) is 48.5 Å². The summed E-state index contributed by atoms with van der Waals surface area (Å²) in [5.74, 6) is -0.240. The lowest BCUT2D eigenvalue weighted by Gasteiger charge is -2.63. The molecule has 1 spiro atoms. The topological polar surface area (TPSA) is 45.2 Å². The van der Waals surface area contributed by atoms with E-state index in [1.165, 1.54) is 12.1 Å². The van der Waals surface area contributed by atoms with Crippen LogP contribution < -0.4 is 4.74 Å². The fourth-order valence-corrected chi connectivity index (χ4v) is 5.49. The maximum Gasteiger partial charge on any atom is 0.573 e. The number of hydrogen-bond acceptors (Lipinski definition) is 5. The van der Waals surface area contributed by atoms with Crippen molar-refractivity contribution >= 4 is 17.5 Å². The summed E-state index contributed by atoms with van der Waals surface area (Å²) in [5, 5.41) is 0.589. The van der Waals surface area contributed by atoms with Crippen molar-refractivity contribution in [2.24, 2.45) is 0 Å². The van der Waals surface area contributed by atoms with Crippen molar-refractivity contribution in [2.45, 2.75) is 24.5 Å². The molecule has 0 aromatic heterocycles. The molecule has 0 radical (unpaired) electrons. The minimum atomic E-state index is -4.70. The summed E-state index contributed by atoms with van der Waals surface area (Å²) in [6.07, 6.45) is -4.70. The van der Waals surface area contributed by atoms with E-state index in [0.717, 1.165) is 25.2 Å². The molecule has 3 saturated heterocycles. The van der Waals surface area contributed by atoms with E-state index in [4.69, 9.17) is 16.3 Å². The van der Waals surface area contributed by atoms with Gasteiger partial charge in [-0.15, -0.1) is 13.2 Å². The minimum absolute atomic E-state index is 0.0139. The third-order valence-corrected chi connectivity index (χ3v) is 6.98. The van der Waals surface area contributed by atoms with Gasteiger partial charge in [0.15, 0.2) is 0 Å². The summed E-state index contributed by atoms with van der Waals surface area (Å²) in [7, 11) is 0. The van der Waals surface area contributed by atoms with Gasteiger partial charge in [-0.3, -0.25) is 14.6 Å². The first kappa shape index (κ1) is 23.4. The average Bonchev–Trinajstić information content (AvgIpc) is 2.78. The predicted octanol–water partition coefficient (Wildman–Crippen LogP) is 3.65. The van der Waals surface area contributed by atoms with Crippen molar-refractivity contribution in [2.75, 3.05) is 45.9 Å². The van der Waals surface area contributed by atoms with Crippen LogP contribution in [-0.4, -0.2) is 84.5 Å². The fourth-order valence-electron chi connectivity index (χ4n) is 5.36. The molecule has 182 valence electrons. The zero-order valence-electron chi connectivity index (χ0n) is 18.4. The highest BCUT2D eigenvalue weighted by Crippen LogP contribution is 2.37. The molecule has 1 unspecified atom stereocenters. The fraction of sp³-hybridized carbons (Fsp3) is 0.458. The van der Waals surface area contributed by atoms with E-state index in [2.05, 4.69) is 14.5 Å². The van der Waals surface area contributed by atoms with Crippen molar-refractivity contribution in [1.82, 2.24) is 14.7 Å². The smallest absolute Gasteiger partial charge is 0.406 e.